The number of aliphatic carboxylic acids is 2. The molecule has 4 heterocycles. The Morgan fingerprint density at radius 3 is 2.08 bits per heavy atom. The molecule has 0 bridgehead atoms. The van der Waals surface area contributed by atoms with E-state index in [0.29, 0.717) is 12.5 Å². The van der Waals surface area contributed by atoms with Crippen molar-refractivity contribution < 1.29 is 55.6 Å². The average molecular weight is 571 g/mol. The number of nitrogens with zero attached hydrogens (tertiary/aromatic N) is 5. The maximum absolute atomic E-state index is 10.6. The highest BCUT2D eigenvalue weighted by Crippen LogP contribution is 2.33. The third kappa shape index (κ3) is 9.65. The van der Waals surface area contributed by atoms with Crippen LogP contribution in [0.15, 0.2) is 24.7 Å². The van der Waals surface area contributed by atoms with Crippen LogP contribution in [0.3, 0.4) is 0 Å². The number of halogens is 6. The van der Waals surface area contributed by atoms with E-state index < -0.39 is 24.3 Å². The van der Waals surface area contributed by atoms with Crippen LogP contribution in [-0.2, 0) is 32.0 Å². The molecule has 1 fully saturated rings. The number of hydrogen-bond donors (Lipinski definition) is 2. The molecular weight excluding hydrogens is 544 g/mol. The summed E-state index contributed by atoms with van der Waals surface area (Å²) in [4.78, 5) is 28.9. The van der Waals surface area contributed by atoms with Gasteiger partial charge in [0.2, 0.25) is 5.95 Å². The summed E-state index contributed by atoms with van der Waals surface area (Å²) >= 11 is 0. The predicted octanol–water partition coefficient (Wildman–Crippen LogP) is 3.12. The van der Waals surface area contributed by atoms with E-state index in [0.717, 1.165) is 51.5 Å². The molecule has 1 unspecified atom stereocenters. The monoisotopic (exact) mass is 571 g/mol. The number of fused-ring (bicyclic) bond motifs is 1. The van der Waals surface area contributed by atoms with E-state index in [1.54, 1.807) is 19.5 Å². The lowest BCUT2D eigenvalue weighted by Gasteiger charge is -2.36. The van der Waals surface area contributed by atoms with Crippen LogP contribution in [0, 0.1) is 5.92 Å². The number of hydrogen-bond acceptors (Lipinski definition) is 8. The molecule has 0 aliphatic carbocycles. The zero-order valence-corrected chi connectivity index (χ0v) is 20.7. The van der Waals surface area contributed by atoms with E-state index in [9.17, 15) is 26.3 Å². The topological polar surface area (TPSA) is 140 Å². The van der Waals surface area contributed by atoms with Gasteiger partial charge >= 0.3 is 24.3 Å². The molecule has 2 aromatic rings. The van der Waals surface area contributed by atoms with Gasteiger partial charge < -0.3 is 24.6 Å². The smallest absolute Gasteiger partial charge is 0.475 e. The van der Waals surface area contributed by atoms with Crippen LogP contribution in [0.2, 0.25) is 0 Å². The van der Waals surface area contributed by atoms with E-state index in [4.69, 9.17) is 34.4 Å². The Hall–Kier alpha value is -3.47. The van der Waals surface area contributed by atoms with Gasteiger partial charge in [0.25, 0.3) is 0 Å². The number of carboxylic acids is 2. The average Bonchev–Trinajstić information content (AvgIpc) is 3.28. The van der Waals surface area contributed by atoms with Crippen molar-refractivity contribution in [3.05, 3.63) is 35.9 Å². The van der Waals surface area contributed by atoms with Gasteiger partial charge in [-0.2, -0.15) is 31.4 Å². The molecule has 2 aliphatic rings. The number of rotatable bonds is 5. The van der Waals surface area contributed by atoms with E-state index >= 15 is 0 Å². The molecule has 0 radical (unpaired) electrons. The highest BCUT2D eigenvalue weighted by Gasteiger charge is 2.39. The van der Waals surface area contributed by atoms with E-state index in [1.807, 2.05) is 12.3 Å². The molecule has 0 amide bonds. The molecule has 0 spiro atoms. The third-order valence-corrected chi connectivity index (χ3v) is 5.66. The lowest BCUT2D eigenvalue weighted by molar-refractivity contribution is -0.193. The van der Waals surface area contributed by atoms with Gasteiger partial charge in [-0.1, -0.05) is 0 Å². The first kappa shape index (κ1) is 31.7. The van der Waals surface area contributed by atoms with Gasteiger partial charge in [0.05, 0.1) is 24.5 Å². The van der Waals surface area contributed by atoms with Crippen LogP contribution in [0.25, 0.3) is 0 Å². The first-order valence-electron chi connectivity index (χ1n) is 11.5. The first-order chi connectivity index (χ1) is 18.3. The number of alkyl halides is 6. The zero-order valence-electron chi connectivity index (χ0n) is 20.7. The molecule has 2 aromatic heterocycles. The van der Waals surface area contributed by atoms with Crippen molar-refractivity contribution in [3.63, 3.8) is 0 Å². The second kappa shape index (κ2) is 14.1. The Bertz CT molecular complexity index is 1040. The number of carboxylic acid groups (broad SMARTS) is 2. The standard InChI is InChI=1S/C18H25N5O2.2C2HF3O2/c1-24-13-16-17-15(3-8-22(16)18-19-6-2-7-20-18)11-21-23(17)12-14-4-9-25-10-5-14;2*3-2(4,5)1(6)7/h2,6-7,11,14,16H,3-5,8-10,12-13H2,1H3;2*(H,6,7). The summed E-state index contributed by atoms with van der Waals surface area (Å²) in [6.45, 7) is 4.15. The normalized spacial score (nSPS) is 17.7. The quantitative estimate of drug-likeness (QED) is 0.515. The van der Waals surface area contributed by atoms with Gasteiger partial charge in [0.15, 0.2) is 0 Å². The molecule has 11 nitrogen and oxygen atoms in total. The fraction of sp³-hybridized carbons (Fsp3) is 0.591. The van der Waals surface area contributed by atoms with Gasteiger partial charge in [-0.05, 0) is 36.8 Å². The molecule has 4 rings (SSSR count). The molecule has 39 heavy (non-hydrogen) atoms. The number of anilines is 1. The molecule has 2 N–H and O–H groups in total. The minimum Gasteiger partial charge on any atom is -0.475 e. The molecule has 0 saturated carbocycles. The second-order valence-electron chi connectivity index (χ2n) is 8.36. The summed E-state index contributed by atoms with van der Waals surface area (Å²) in [5.41, 5.74) is 2.58. The summed E-state index contributed by atoms with van der Waals surface area (Å²) in [5, 5.41) is 19.0. The zero-order chi connectivity index (χ0) is 29.2. The number of methoxy groups -OCH3 is 1. The molecule has 1 saturated heterocycles. The molecule has 1 atom stereocenters. The minimum atomic E-state index is -5.08. The van der Waals surface area contributed by atoms with Crippen LogP contribution < -0.4 is 4.90 Å². The highest BCUT2D eigenvalue weighted by molar-refractivity contribution is 5.73. The summed E-state index contributed by atoms with van der Waals surface area (Å²) in [5.74, 6) is -4.13. The molecule has 218 valence electrons. The molecular formula is C22H27F6N5O6. The van der Waals surface area contributed by atoms with Crippen molar-refractivity contribution >= 4 is 17.9 Å². The Morgan fingerprint density at radius 1 is 1.05 bits per heavy atom. The second-order valence-corrected chi connectivity index (χ2v) is 8.36. The summed E-state index contributed by atoms with van der Waals surface area (Å²) < 4.78 is 76.7. The largest absolute Gasteiger partial charge is 0.490 e. The van der Waals surface area contributed by atoms with Crippen molar-refractivity contribution in [2.45, 2.75) is 44.2 Å². The van der Waals surface area contributed by atoms with E-state index in [2.05, 4.69) is 19.5 Å². The fourth-order valence-electron chi connectivity index (χ4n) is 3.88. The molecule has 2 aliphatic heterocycles. The molecule has 17 heteroatoms. The minimum absolute atomic E-state index is 0.0958. The Kier molecular flexibility index (Phi) is 11.5. The highest BCUT2D eigenvalue weighted by atomic mass is 19.4. The number of ether oxygens (including phenoxy) is 2. The van der Waals surface area contributed by atoms with Crippen molar-refractivity contribution in [2.24, 2.45) is 5.92 Å². The molecule has 0 aromatic carbocycles. The van der Waals surface area contributed by atoms with Crippen molar-refractivity contribution in [3.8, 4) is 0 Å². The van der Waals surface area contributed by atoms with Crippen molar-refractivity contribution in [2.75, 3.05) is 38.4 Å². The van der Waals surface area contributed by atoms with Crippen LogP contribution in [0.1, 0.15) is 30.1 Å². The lowest BCUT2D eigenvalue weighted by atomic mass is 9.98. The van der Waals surface area contributed by atoms with Crippen LogP contribution in [0.4, 0.5) is 32.3 Å². The SMILES string of the molecule is COCC1c2c(cnn2CC2CCOCC2)CCN1c1ncccn1.O=C(O)C(F)(F)F.O=C(O)C(F)(F)F. The van der Waals surface area contributed by atoms with Gasteiger partial charge in [-0.25, -0.2) is 19.6 Å². The van der Waals surface area contributed by atoms with Crippen LogP contribution in [-0.4, -0.2) is 87.7 Å². The maximum Gasteiger partial charge on any atom is 0.490 e. The third-order valence-electron chi connectivity index (χ3n) is 5.66. The Balaban J connectivity index is 0.000000317. The fourth-order valence-corrected chi connectivity index (χ4v) is 3.88. The summed E-state index contributed by atoms with van der Waals surface area (Å²) in [7, 11) is 1.75. The van der Waals surface area contributed by atoms with Crippen LogP contribution >= 0.6 is 0 Å². The summed E-state index contributed by atoms with van der Waals surface area (Å²) in [6.07, 6.45) is -1.38. The first-order valence-corrected chi connectivity index (χ1v) is 11.5. The van der Waals surface area contributed by atoms with Gasteiger partial charge in [-0.3, -0.25) is 4.68 Å². The Morgan fingerprint density at radius 2 is 1.59 bits per heavy atom. The Labute approximate surface area is 218 Å². The van der Waals surface area contributed by atoms with Crippen molar-refractivity contribution in [1.82, 2.24) is 19.7 Å². The van der Waals surface area contributed by atoms with Gasteiger partial charge in [0.1, 0.15) is 0 Å². The lowest BCUT2D eigenvalue weighted by Crippen LogP contribution is -2.40. The van der Waals surface area contributed by atoms with Gasteiger partial charge in [0, 0.05) is 45.8 Å². The van der Waals surface area contributed by atoms with Crippen LogP contribution in [0.5, 0.6) is 0 Å². The van der Waals surface area contributed by atoms with Gasteiger partial charge in [-0.15, -0.1) is 0 Å². The number of carbonyl (C=O) groups is 2. The van der Waals surface area contributed by atoms with E-state index in [-0.39, 0.29) is 6.04 Å². The maximum atomic E-state index is 10.6. The van der Waals surface area contributed by atoms with E-state index in [1.165, 1.54) is 11.3 Å². The predicted molar refractivity (Wildman–Crippen MR) is 121 cm³/mol. The summed E-state index contributed by atoms with van der Waals surface area (Å²) in [6, 6.07) is 1.94. The van der Waals surface area contributed by atoms with Crippen molar-refractivity contribution in [1.29, 1.82) is 0 Å². The number of aromatic nitrogens is 4.